The fraction of sp³-hybridized carbons (Fsp3) is 0.786. The van der Waals surface area contributed by atoms with E-state index in [9.17, 15) is 9.90 Å². The number of aliphatic hydroxyl groups excluding tert-OH is 1. The largest absolute Gasteiger partial charge is 0.391 e. The van der Waals surface area contributed by atoms with Gasteiger partial charge in [0.15, 0.2) is 0 Å². The van der Waals surface area contributed by atoms with Crippen molar-refractivity contribution < 1.29 is 9.90 Å². The zero-order valence-electron chi connectivity index (χ0n) is 12.6. The molecule has 2 heterocycles. The molecule has 1 aliphatic heterocycles. The van der Waals surface area contributed by atoms with Gasteiger partial charge in [0.05, 0.1) is 6.10 Å². The Morgan fingerprint density at radius 3 is 2.86 bits per heavy atom. The van der Waals surface area contributed by atoms with Crippen LogP contribution in [0.25, 0.3) is 0 Å². The second-order valence-electron chi connectivity index (χ2n) is 6.41. The van der Waals surface area contributed by atoms with Crippen molar-refractivity contribution in [3.8, 4) is 0 Å². The van der Waals surface area contributed by atoms with Crippen LogP contribution in [0.2, 0.25) is 0 Å². The summed E-state index contributed by atoms with van der Waals surface area (Å²) in [7, 11) is 3.49. The average molecular weight is 293 g/mol. The Labute approximate surface area is 124 Å². The zero-order valence-corrected chi connectivity index (χ0v) is 12.6. The Kier molecular flexibility index (Phi) is 3.84. The monoisotopic (exact) mass is 293 g/mol. The molecule has 0 unspecified atom stereocenters. The first-order chi connectivity index (χ1) is 10.0. The van der Waals surface area contributed by atoms with E-state index in [1.807, 2.05) is 9.58 Å². The van der Waals surface area contributed by atoms with Gasteiger partial charge in [0.2, 0.25) is 11.9 Å². The quantitative estimate of drug-likeness (QED) is 0.825. The SMILES string of the molecule is CN(C)C(=O)C[C@@H]1CN(c2ncnn2CC2CC2)C[C@H]1O. The Bertz CT molecular complexity index is 511. The molecule has 2 fully saturated rings. The molecule has 116 valence electrons. The molecule has 3 rings (SSSR count). The molecule has 0 bridgehead atoms. The lowest BCUT2D eigenvalue weighted by Gasteiger charge is -2.18. The molecule has 1 aromatic heterocycles. The lowest BCUT2D eigenvalue weighted by Crippen LogP contribution is -2.28. The van der Waals surface area contributed by atoms with Crippen molar-refractivity contribution >= 4 is 11.9 Å². The van der Waals surface area contributed by atoms with Crippen LogP contribution in [0.1, 0.15) is 19.3 Å². The van der Waals surface area contributed by atoms with Gasteiger partial charge < -0.3 is 14.9 Å². The number of amides is 1. The minimum absolute atomic E-state index is 0.0361. The summed E-state index contributed by atoms with van der Waals surface area (Å²) in [6, 6.07) is 0. The van der Waals surface area contributed by atoms with Crippen LogP contribution in [-0.2, 0) is 11.3 Å². The van der Waals surface area contributed by atoms with Gasteiger partial charge in [-0.3, -0.25) is 4.79 Å². The summed E-state index contributed by atoms with van der Waals surface area (Å²) in [5, 5.41) is 14.5. The highest BCUT2D eigenvalue weighted by Crippen LogP contribution is 2.32. The Morgan fingerprint density at radius 2 is 2.19 bits per heavy atom. The molecule has 1 saturated heterocycles. The number of β-amino-alcohol motifs (C(OH)–C–C–N with tert-alkyl or cyclic N) is 1. The van der Waals surface area contributed by atoms with Crippen molar-refractivity contribution in [3.63, 3.8) is 0 Å². The molecule has 1 aliphatic carbocycles. The summed E-state index contributed by atoms with van der Waals surface area (Å²) >= 11 is 0. The third-order valence-corrected chi connectivity index (χ3v) is 4.35. The van der Waals surface area contributed by atoms with Gasteiger partial charge in [0.1, 0.15) is 6.33 Å². The Hall–Kier alpha value is -1.63. The number of aliphatic hydroxyl groups is 1. The number of rotatable bonds is 5. The zero-order chi connectivity index (χ0) is 15.0. The average Bonchev–Trinajstić information content (AvgIpc) is 3.00. The highest BCUT2D eigenvalue weighted by atomic mass is 16.3. The molecule has 2 atom stereocenters. The Morgan fingerprint density at radius 1 is 1.43 bits per heavy atom. The second-order valence-corrected chi connectivity index (χ2v) is 6.41. The van der Waals surface area contributed by atoms with Crippen LogP contribution in [0, 0.1) is 11.8 Å². The van der Waals surface area contributed by atoms with Crippen molar-refractivity contribution in [1.82, 2.24) is 19.7 Å². The number of carbonyl (C=O) groups is 1. The highest BCUT2D eigenvalue weighted by molar-refractivity contribution is 5.76. The lowest BCUT2D eigenvalue weighted by atomic mass is 10.0. The summed E-state index contributed by atoms with van der Waals surface area (Å²) in [5.74, 6) is 1.57. The molecule has 1 aromatic rings. The van der Waals surface area contributed by atoms with Gasteiger partial charge in [0, 0.05) is 46.1 Å². The van der Waals surface area contributed by atoms with Crippen LogP contribution in [0.15, 0.2) is 6.33 Å². The first-order valence-electron chi connectivity index (χ1n) is 7.55. The fourth-order valence-electron chi connectivity index (χ4n) is 2.80. The molecule has 7 heteroatoms. The van der Waals surface area contributed by atoms with Crippen LogP contribution < -0.4 is 4.90 Å². The normalized spacial score (nSPS) is 25.4. The van der Waals surface area contributed by atoms with Crippen LogP contribution in [0.5, 0.6) is 0 Å². The highest BCUT2D eigenvalue weighted by Gasteiger charge is 2.35. The van der Waals surface area contributed by atoms with Gasteiger partial charge in [-0.1, -0.05) is 0 Å². The molecular weight excluding hydrogens is 270 g/mol. The third kappa shape index (κ3) is 3.18. The lowest BCUT2D eigenvalue weighted by molar-refractivity contribution is -0.130. The molecule has 0 spiro atoms. The van der Waals surface area contributed by atoms with E-state index in [1.165, 1.54) is 12.8 Å². The predicted molar refractivity (Wildman–Crippen MR) is 77.8 cm³/mol. The standard InChI is InChI=1S/C14H23N5O2/c1-17(2)13(21)5-11-7-18(8-12(11)20)14-15-9-16-19(14)6-10-3-4-10/h9-12,20H,3-8H2,1-2H3/t11-,12-/m1/s1. The summed E-state index contributed by atoms with van der Waals surface area (Å²) in [6.45, 7) is 2.09. The molecule has 2 aliphatic rings. The number of hydrogen-bond acceptors (Lipinski definition) is 5. The first kappa shape index (κ1) is 14.3. The molecule has 1 N–H and O–H groups in total. The summed E-state index contributed by atoms with van der Waals surface area (Å²) < 4.78 is 1.93. The first-order valence-corrected chi connectivity index (χ1v) is 7.55. The molecular formula is C14H23N5O2. The van der Waals surface area contributed by atoms with Crippen molar-refractivity contribution in [2.75, 3.05) is 32.1 Å². The number of carbonyl (C=O) groups excluding carboxylic acids is 1. The van der Waals surface area contributed by atoms with Gasteiger partial charge in [-0.15, -0.1) is 0 Å². The van der Waals surface area contributed by atoms with E-state index in [2.05, 4.69) is 10.1 Å². The van der Waals surface area contributed by atoms with Crippen LogP contribution in [0.3, 0.4) is 0 Å². The van der Waals surface area contributed by atoms with E-state index in [1.54, 1.807) is 25.3 Å². The smallest absolute Gasteiger partial charge is 0.223 e. The fourth-order valence-corrected chi connectivity index (χ4v) is 2.80. The number of aromatic nitrogens is 3. The van der Waals surface area contributed by atoms with E-state index in [4.69, 9.17) is 0 Å². The van der Waals surface area contributed by atoms with Crippen LogP contribution in [-0.4, -0.2) is 64.0 Å². The number of nitrogens with zero attached hydrogens (tertiary/aromatic N) is 5. The maximum atomic E-state index is 11.8. The Balaban J connectivity index is 1.65. The second kappa shape index (κ2) is 5.63. The topological polar surface area (TPSA) is 74.5 Å². The van der Waals surface area contributed by atoms with Crippen LogP contribution >= 0.6 is 0 Å². The van der Waals surface area contributed by atoms with Gasteiger partial charge in [-0.05, 0) is 18.8 Å². The maximum absolute atomic E-state index is 11.8. The minimum atomic E-state index is -0.486. The predicted octanol–water partition coefficient (Wildman–Crippen LogP) is -0.0365. The number of hydrogen-bond donors (Lipinski definition) is 1. The molecule has 0 aromatic carbocycles. The molecule has 1 amide bonds. The van der Waals surface area contributed by atoms with Crippen molar-refractivity contribution in [1.29, 1.82) is 0 Å². The van der Waals surface area contributed by atoms with Crippen LogP contribution in [0.4, 0.5) is 5.95 Å². The van der Waals surface area contributed by atoms with Crippen molar-refractivity contribution in [3.05, 3.63) is 6.33 Å². The van der Waals surface area contributed by atoms with E-state index in [0.717, 1.165) is 18.4 Å². The maximum Gasteiger partial charge on any atom is 0.223 e. The van der Waals surface area contributed by atoms with E-state index >= 15 is 0 Å². The van der Waals surface area contributed by atoms with Gasteiger partial charge >= 0.3 is 0 Å². The number of anilines is 1. The summed E-state index contributed by atoms with van der Waals surface area (Å²) in [4.78, 5) is 19.8. The van der Waals surface area contributed by atoms with E-state index in [-0.39, 0.29) is 11.8 Å². The molecule has 21 heavy (non-hydrogen) atoms. The van der Waals surface area contributed by atoms with Crippen molar-refractivity contribution in [2.24, 2.45) is 11.8 Å². The molecule has 0 radical (unpaired) electrons. The summed E-state index contributed by atoms with van der Waals surface area (Å²) in [6.07, 6.45) is 3.99. The minimum Gasteiger partial charge on any atom is -0.391 e. The summed E-state index contributed by atoms with van der Waals surface area (Å²) in [5.41, 5.74) is 0. The van der Waals surface area contributed by atoms with E-state index < -0.39 is 6.10 Å². The van der Waals surface area contributed by atoms with E-state index in [0.29, 0.717) is 19.5 Å². The van der Waals surface area contributed by atoms with Gasteiger partial charge in [-0.2, -0.15) is 10.1 Å². The molecule has 7 nitrogen and oxygen atoms in total. The molecule has 1 saturated carbocycles. The third-order valence-electron chi connectivity index (χ3n) is 4.35. The van der Waals surface area contributed by atoms with Gasteiger partial charge in [-0.25, -0.2) is 4.68 Å². The van der Waals surface area contributed by atoms with Crippen molar-refractivity contribution in [2.45, 2.75) is 31.9 Å². The van der Waals surface area contributed by atoms with Gasteiger partial charge in [0.25, 0.3) is 0 Å².